The fraction of sp³-hybridized carbons (Fsp3) is 0.333. The van der Waals surface area contributed by atoms with Crippen LogP contribution in [0.3, 0.4) is 0 Å². The highest BCUT2D eigenvalue weighted by Gasteiger charge is 2.29. The second-order valence-electron chi connectivity index (χ2n) is 3.77. The first-order valence-corrected chi connectivity index (χ1v) is 5.40. The third-order valence-corrected chi connectivity index (χ3v) is 3.22. The van der Waals surface area contributed by atoms with Crippen LogP contribution in [-0.4, -0.2) is 10.7 Å². The van der Waals surface area contributed by atoms with Crippen molar-refractivity contribution in [1.82, 2.24) is 0 Å². The van der Waals surface area contributed by atoms with Crippen LogP contribution < -0.4 is 0 Å². The Hall–Kier alpha value is -0.780. The first kappa shape index (κ1) is 9.76. The van der Waals surface area contributed by atoms with Gasteiger partial charge in [-0.2, -0.15) is 0 Å². The van der Waals surface area contributed by atoms with Crippen molar-refractivity contribution in [3.63, 3.8) is 0 Å². The van der Waals surface area contributed by atoms with Crippen LogP contribution >= 0.6 is 15.9 Å². The predicted octanol–water partition coefficient (Wildman–Crippen LogP) is 2.30. The van der Waals surface area contributed by atoms with Gasteiger partial charge in [-0.05, 0) is 36.1 Å². The molecule has 0 bridgehead atoms. The maximum atomic E-state index is 9.95. The molecule has 0 saturated carbocycles. The zero-order valence-corrected chi connectivity index (χ0v) is 9.34. The molecule has 1 N–H and O–H groups in total. The quantitative estimate of drug-likeness (QED) is 0.701. The smallest absolute Gasteiger partial charge is 0.129 e. The van der Waals surface area contributed by atoms with Crippen molar-refractivity contribution in [1.29, 1.82) is 0 Å². The Bertz CT molecular complexity index is 405. The summed E-state index contributed by atoms with van der Waals surface area (Å²) in [5, 5.41) is 9.95. The topological polar surface area (TPSA) is 20.2 Å². The molecule has 0 radical (unpaired) electrons. The molecule has 0 fully saturated rings. The van der Waals surface area contributed by atoms with Gasteiger partial charge in [0.15, 0.2) is 0 Å². The lowest BCUT2D eigenvalue weighted by Crippen LogP contribution is -2.33. The highest BCUT2D eigenvalue weighted by atomic mass is 79.9. The van der Waals surface area contributed by atoms with Crippen LogP contribution in [0.5, 0.6) is 0 Å². The standard InChI is InChI=1S/C12H11BrO/c1-2-12(14)6-5-9-7-11(13)4-3-10(9)8-12/h1,3-4,7,14H,5-6,8H2. The Labute approximate surface area is 92.3 Å². The van der Waals surface area contributed by atoms with E-state index in [0.717, 1.165) is 10.9 Å². The van der Waals surface area contributed by atoms with E-state index < -0.39 is 5.60 Å². The first-order chi connectivity index (χ1) is 6.63. The van der Waals surface area contributed by atoms with Gasteiger partial charge < -0.3 is 5.11 Å². The Morgan fingerprint density at radius 3 is 2.93 bits per heavy atom. The predicted molar refractivity (Wildman–Crippen MR) is 59.9 cm³/mol. The number of hydrogen-bond acceptors (Lipinski definition) is 1. The molecule has 1 unspecified atom stereocenters. The van der Waals surface area contributed by atoms with Crippen LogP contribution in [0.15, 0.2) is 22.7 Å². The van der Waals surface area contributed by atoms with Crippen molar-refractivity contribution >= 4 is 15.9 Å². The van der Waals surface area contributed by atoms with Gasteiger partial charge in [-0.1, -0.05) is 27.9 Å². The molecule has 1 nitrogen and oxygen atoms in total. The summed E-state index contributed by atoms with van der Waals surface area (Å²) in [7, 11) is 0. The van der Waals surface area contributed by atoms with E-state index in [2.05, 4.69) is 27.9 Å². The fourth-order valence-corrected chi connectivity index (χ4v) is 2.28. The van der Waals surface area contributed by atoms with E-state index in [-0.39, 0.29) is 0 Å². The second kappa shape index (κ2) is 3.42. The van der Waals surface area contributed by atoms with Gasteiger partial charge in [-0.25, -0.2) is 0 Å². The number of rotatable bonds is 0. The van der Waals surface area contributed by atoms with Crippen LogP contribution in [0, 0.1) is 12.3 Å². The average molecular weight is 251 g/mol. The summed E-state index contributed by atoms with van der Waals surface area (Å²) in [5.41, 5.74) is 1.53. The van der Waals surface area contributed by atoms with E-state index in [1.54, 1.807) is 0 Å². The Balaban J connectivity index is 2.37. The highest BCUT2D eigenvalue weighted by molar-refractivity contribution is 9.10. The zero-order valence-electron chi connectivity index (χ0n) is 7.76. The molecular formula is C12H11BrO. The summed E-state index contributed by atoms with van der Waals surface area (Å²) < 4.78 is 1.09. The average Bonchev–Trinajstić information content (AvgIpc) is 2.19. The Morgan fingerprint density at radius 1 is 1.43 bits per heavy atom. The van der Waals surface area contributed by atoms with Gasteiger partial charge in [0, 0.05) is 10.9 Å². The van der Waals surface area contributed by atoms with Crippen LogP contribution in [-0.2, 0) is 12.8 Å². The van der Waals surface area contributed by atoms with Crippen LogP contribution in [0.4, 0.5) is 0 Å². The minimum Gasteiger partial charge on any atom is -0.377 e. The van der Waals surface area contributed by atoms with Gasteiger partial charge in [0.2, 0.25) is 0 Å². The number of halogens is 1. The molecule has 1 atom stereocenters. The zero-order chi connectivity index (χ0) is 10.2. The number of fused-ring (bicyclic) bond motifs is 1. The maximum Gasteiger partial charge on any atom is 0.129 e. The molecule has 0 spiro atoms. The van der Waals surface area contributed by atoms with Gasteiger partial charge in [-0.15, -0.1) is 6.42 Å². The Morgan fingerprint density at radius 2 is 2.21 bits per heavy atom. The molecule has 0 amide bonds. The maximum absolute atomic E-state index is 9.95. The van der Waals surface area contributed by atoms with Crippen molar-refractivity contribution < 1.29 is 5.11 Å². The van der Waals surface area contributed by atoms with Gasteiger partial charge in [0.1, 0.15) is 5.60 Å². The molecule has 2 heteroatoms. The van der Waals surface area contributed by atoms with Gasteiger partial charge >= 0.3 is 0 Å². The van der Waals surface area contributed by atoms with Crippen molar-refractivity contribution in [3.05, 3.63) is 33.8 Å². The SMILES string of the molecule is C#CC1(O)CCc2cc(Br)ccc2C1. The number of terminal acetylenes is 1. The van der Waals surface area contributed by atoms with Crippen molar-refractivity contribution in [2.75, 3.05) is 0 Å². The van der Waals surface area contributed by atoms with Crippen molar-refractivity contribution in [2.24, 2.45) is 0 Å². The van der Waals surface area contributed by atoms with E-state index in [1.807, 2.05) is 12.1 Å². The molecule has 1 aliphatic rings. The molecule has 14 heavy (non-hydrogen) atoms. The van der Waals surface area contributed by atoms with Gasteiger partial charge in [0.05, 0.1) is 0 Å². The number of hydrogen-bond donors (Lipinski definition) is 1. The summed E-state index contributed by atoms with van der Waals surface area (Å²) in [4.78, 5) is 0. The molecule has 2 rings (SSSR count). The summed E-state index contributed by atoms with van der Waals surface area (Å²) >= 11 is 3.43. The molecule has 1 aromatic carbocycles. The number of aliphatic hydroxyl groups is 1. The van der Waals surface area contributed by atoms with E-state index >= 15 is 0 Å². The van der Waals surface area contributed by atoms with E-state index in [0.29, 0.717) is 12.8 Å². The highest BCUT2D eigenvalue weighted by Crippen LogP contribution is 2.29. The summed E-state index contributed by atoms with van der Waals surface area (Å²) in [6.07, 6.45) is 7.41. The molecule has 1 aromatic rings. The molecule has 0 heterocycles. The van der Waals surface area contributed by atoms with Crippen LogP contribution in [0.1, 0.15) is 17.5 Å². The summed E-state index contributed by atoms with van der Waals surface area (Å²) in [5.74, 6) is 2.48. The second-order valence-corrected chi connectivity index (χ2v) is 4.68. The molecule has 72 valence electrons. The minimum absolute atomic E-state index is 0.576. The number of benzene rings is 1. The molecular weight excluding hydrogens is 240 g/mol. The first-order valence-electron chi connectivity index (χ1n) is 4.60. The normalized spacial score (nSPS) is 25.2. The van der Waals surface area contributed by atoms with E-state index in [1.165, 1.54) is 11.1 Å². The van der Waals surface area contributed by atoms with Gasteiger partial charge in [-0.3, -0.25) is 0 Å². The van der Waals surface area contributed by atoms with Crippen molar-refractivity contribution in [3.8, 4) is 12.3 Å². The summed E-state index contributed by atoms with van der Waals surface area (Å²) in [6.45, 7) is 0. The lowest BCUT2D eigenvalue weighted by molar-refractivity contribution is 0.0865. The van der Waals surface area contributed by atoms with Gasteiger partial charge in [0.25, 0.3) is 0 Å². The Kier molecular flexibility index (Phi) is 2.38. The lowest BCUT2D eigenvalue weighted by atomic mass is 9.81. The third-order valence-electron chi connectivity index (χ3n) is 2.73. The van der Waals surface area contributed by atoms with E-state index in [9.17, 15) is 5.11 Å². The number of aryl methyl sites for hydroxylation is 1. The third kappa shape index (κ3) is 1.70. The molecule has 1 aliphatic carbocycles. The molecule has 0 aliphatic heterocycles. The fourth-order valence-electron chi connectivity index (χ4n) is 1.87. The minimum atomic E-state index is -0.930. The van der Waals surface area contributed by atoms with Crippen LogP contribution in [0.25, 0.3) is 0 Å². The molecule has 0 saturated heterocycles. The largest absolute Gasteiger partial charge is 0.377 e. The monoisotopic (exact) mass is 250 g/mol. The summed E-state index contributed by atoms with van der Waals surface area (Å²) in [6, 6.07) is 6.12. The van der Waals surface area contributed by atoms with E-state index in [4.69, 9.17) is 6.42 Å². The molecule has 0 aromatic heterocycles. The van der Waals surface area contributed by atoms with Crippen molar-refractivity contribution in [2.45, 2.75) is 24.9 Å². The van der Waals surface area contributed by atoms with Crippen LogP contribution in [0.2, 0.25) is 0 Å². The lowest BCUT2D eigenvalue weighted by Gasteiger charge is -2.28.